The van der Waals surface area contributed by atoms with E-state index in [1.54, 1.807) is 30.1 Å². The van der Waals surface area contributed by atoms with Crippen LogP contribution in [-0.4, -0.2) is 36.4 Å². The highest BCUT2D eigenvalue weighted by Crippen LogP contribution is 2.26. The number of hydrogen-bond donors (Lipinski definition) is 0. The lowest BCUT2D eigenvalue weighted by molar-refractivity contribution is 0.0657. The number of nitrogens with zero attached hydrogens (tertiary/aromatic N) is 1. The van der Waals surface area contributed by atoms with Gasteiger partial charge >= 0.3 is 0 Å². The number of benzene rings is 1. The molecule has 18 heavy (non-hydrogen) atoms. The third-order valence-electron chi connectivity index (χ3n) is 2.93. The van der Waals surface area contributed by atoms with Gasteiger partial charge < -0.3 is 9.64 Å². The Morgan fingerprint density at radius 1 is 1.44 bits per heavy atom. The zero-order valence-electron chi connectivity index (χ0n) is 11.0. The first-order chi connectivity index (χ1) is 8.33. The minimum absolute atomic E-state index is 0.144. The van der Waals surface area contributed by atoms with Crippen molar-refractivity contribution in [2.75, 3.05) is 20.0 Å². The molecule has 0 aliphatic heterocycles. The molecule has 0 saturated carbocycles. The van der Waals surface area contributed by atoms with Crippen LogP contribution in [0.4, 0.5) is 0 Å². The number of methoxy groups -OCH3 is 1. The fraction of sp³-hybridized carbons (Fsp3) is 0.462. The molecule has 0 radical (unpaired) electrons. The van der Waals surface area contributed by atoms with E-state index in [0.717, 1.165) is 0 Å². The van der Waals surface area contributed by atoms with Crippen LogP contribution < -0.4 is 4.74 Å². The summed E-state index contributed by atoms with van der Waals surface area (Å²) in [5.41, 5.74) is 0.0473. The average molecular weight is 290 g/mol. The Morgan fingerprint density at radius 2 is 2.06 bits per heavy atom. The first kappa shape index (κ1) is 15.1. The van der Waals surface area contributed by atoms with Crippen molar-refractivity contribution < 1.29 is 9.53 Å². The van der Waals surface area contributed by atoms with Gasteiger partial charge in [-0.25, -0.2) is 0 Å². The molecule has 0 heterocycles. The van der Waals surface area contributed by atoms with Gasteiger partial charge in [-0.15, -0.1) is 11.6 Å². The molecule has 0 unspecified atom stereocenters. The number of carbonyl (C=O) groups is 1. The van der Waals surface area contributed by atoms with E-state index in [0.29, 0.717) is 22.2 Å². The minimum Gasteiger partial charge on any atom is -0.496 e. The maximum absolute atomic E-state index is 12.4. The Labute approximate surface area is 118 Å². The number of hydrogen-bond acceptors (Lipinski definition) is 2. The van der Waals surface area contributed by atoms with E-state index in [-0.39, 0.29) is 5.91 Å². The summed E-state index contributed by atoms with van der Waals surface area (Å²) >= 11 is 11.7. The molecule has 0 spiro atoms. The minimum atomic E-state index is -0.427. The van der Waals surface area contributed by atoms with Gasteiger partial charge in [0.25, 0.3) is 5.91 Å². The summed E-state index contributed by atoms with van der Waals surface area (Å²) in [6.07, 6.45) is 0. The van der Waals surface area contributed by atoms with Crippen LogP contribution in [-0.2, 0) is 0 Å². The van der Waals surface area contributed by atoms with E-state index in [1.807, 2.05) is 13.8 Å². The Bertz CT molecular complexity index is 447. The Kier molecular flexibility index (Phi) is 4.88. The van der Waals surface area contributed by atoms with E-state index in [9.17, 15) is 4.79 Å². The van der Waals surface area contributed by atoms with Crippen LogP contribution in [0.2, 0.25) is 5.02 Å². The molecule has 0 fully saturated rings. The van der Waals surface area contributed by atoms with Crippen molar-refractivity contribution in [1.82, 2.24) is 4.90 Å². The van der Waals surface area contributed by atoms with Crippen molar-refractivity contribution in [3.05, 3.63) is 28.8 Å². The molecular weight excluding hydrogens is 273 g/mol. The molecule has 100 valence electrons. The number of rotatable bonds is 4. The first-order valence-electron chi connectivity index (χ1n) is 5.51. The molecule has 0 saturated heterocycles. The average Bonchev–Trinajstić information content (AvgIpc) is 2.36. The molecule has 0 N–H and O–H groups in total. The van der Waals surface area contributed by atoms with E-state index >= 15 is 0 Å². The molecule has 0 bridgehead atoms. The summed E-state index contributed by atoms with van der Waals surface area (Å²) in [7, 11) is 3.23. The predicted octanol–water partition coefficient (Wildman–Crippen LogP) is 3.44. The second-order valence-electron chi connectivity index (χ2n) is 4.65. The quantitative estimate of drug-likeness (QED) is 0.795. The Morgan fingerprint density at radius 3 is 2.56 bits per heavy atom. The van der Waals surface area contributed by atoms with Gasteiger partial charge in [-0.2, -0.15) is 0 Å². The number of ether oxygens (including phenoxy) is 1. The molecule has 1 amide bonds. The normalized spacial score (nSPS) is 11.2. The summed E-state index contributed by atoms with van der Waals surface area (Å²) in [6.45, 7) is 3.81. The standard InChI is InChI=1S/C13H17Cl2NO2/c1-13(2,8-14)16(3)12(17)10-6-5-9(15)7-11(10)18-4/h5-7H,8H2,1-4H3. The molecule has 1 aromatic carbocycles. The van der Waals surface area contributed by atoms with Crippen LogP contribution >= 0.6 is 23.2 Å². The molecule has 0 aliphatic carbocycles. The topological polar surface area (TPSA) is 29.5 Å². The van der Waals surface area contributed by atoms with Gasteiger partial charge in [-0.05, 0) is 32.0 Å². The third-order valence-corrected chi connectivity index (χ3v) is 3.82. The number of amides is 1. The number of alkyl halides is 1. The van der Waals surface area contributed by atoms with Crippen molar-refractivity contribution >= 4 is 29.1 Å². The molecule has 5 heteroatoms. The zero-order valence-corrected chi connectivity index (χ0v) is 12.5. The van der Waals surface area contributed by atoms with E-state index in [1.165, 1.54) is 7.11 Å². The second-order valence-corrected chi connectivity index (χ2v) is 5.36. The summed E-state index contributed by atoms with van der Waals surface area (Å²) < 4.78 is 5.18. The van der Waals surface area contributed by atoms with Gasteiger partial charge in [0.05, 0.1) is 18.2 Å². The molecule has 0 atom stereocenters. The predicted molar refractivity (Wildman–Crippen MR) is 74.9 cm³/mol. The summed E-state index contributed by atoms with van der Waals surface area (Å²) in [5, 5.41) is 0.530. The molecule has 0 aromatic heterocycles. The van der Waals surface area contributed by atoms with Gasteiger partial charge in [0.15, 0.2) is 0 Å². The largest absolute Gasteiger partial charge is 0.496 e. The van der Waals surface area contributed by atoms with Crippen molar-refractivity contribution in [2.24, 2.45) is 0 Å². The van der Waals surface area contributed by atoms with Crippen LogP contribution in [0.1, 0.15) is 24.2 Å². The SMILES string of the molecule is COc1cc(Cl)ccc1C(=O)N(C)C(C)(C)CCl. The molecule has 1 rings (SSSR count). The highest BCUT2D eigenvalue weighted by molar-refractivity contribution is 6.30. The second kappa shape index (κ2) is 5.81. The lowest BCUT2D eigenvalue weighted by Gasteiger charge is -2.34. The third kappa shape index (κ3) is 3.09. The van der Waals surface area contributed by atoms with Crippen LogP contribution in [0.3, 0.4) is 0 Å². The lowest BCUT2D eigenvalue weighted by atomic mass is 10.0. The Hall–Kier alpha value is -0.930. The van der Waals surface area contributed by atoms with Crippen LogP contribution in [0.5, 0.6) is 5.75 Å². The van der Waals surface area contributed by atoms with Gasteiger partial charge in [0, 0.05) is 18.0 Å². The first-order valence-corrected chi connectivity index (χ1v) is 6.42. The van der Waals surface area contributed by atoms with Crippen molar-refractivity contribution in [3.63, 3.8) is 0 Å². The molecular formula is C13H17Cl2NO2. The summed E-state index contributed by atoms with van der Waals surface area (Å²) in [5.74, 6) is 0.671. The van der Waals surface area contributed by atoms with Gasteiger partial charge in [0.1, 0.15) is 5.75 Å². The van der Waals surface area contributed by atoms with Gasteiger partial charge in [-0.1, -0.05) is 11.6 Å². The van der Waals surface area contributed by atoms with Crippen molar-refractivity contribution in [2.45, 2.75) is 19.4 Å². The molecule has 3 nitrogen and oxygen atoms in total. The van der Waals surface area contributed by atoms with Crippen LogP contribution in [0, 0.1) is 0 Å². The summed E-state index contributed by atoms with van der Waals surface area (Å²) in [4.78, 5) is 14.0. The van der Waals surface area contributed by atoms with E-state index in [2.05, 4.69) is 0 Å². The monoisotopic (exact) mass is 289 g/mol. The zero-order chi connectivity index (χ0) is 13.9. The van der Waals surface area contributed by atoms with Crippen LogP contribution in [0.25, 0.3) is 0 Å². The highest BCUT2D eigenvalue weighted by atomic mass is 35.5. The fourth-order valence-electron chi connectivity index (χ4n) is 1.39. The molecule has 0 aliphatic rings. The maximum Gasteiger partial charge on any atom is 0.257 e. The van der Waals surface area contributed by atoms with Gasteiger partial charge in [0.2, 0.25) is 0 Å². The highest BCUT2D eigenvalue weighted by Gasteiger charge is 2.28. The number of halogens is 2. The van der Waals surface area contributed by atoms with Crippen molar-refractivity contribution in [1.29, 1.82) is 0 Å². The van der Waals surface area contributed by atoms with E-state index < -0.39 is 5.54 Å². The number of carbonyl (C=O) groups excluding carboxylic acids is 1. The lowest BCUT2D eigenvalue weighted by Crippen LogP contribution is -2.46. The van der Waals surface area contributed by atoms with Crippen LogP contribution in [0.15, 0.2) is 18.2 Å². The van der Waals surface area contributed by atoms with E-state index in [4.69, 9.17) is 27.9 Å². The maximum atomic E-state index is 12.4. The smallest absolute Gasteiger partial charge is 0.257 e. The Balaban J connectivity index is 3.11. The fourth-order valence-corrected chi connectivity index (χ4v) is 1.73. The van der Waals surface area contributed by atoms with Crippen molar-refractivity contribution in [3.8, 4) is 5.75 Å². The molecule has 1 aromatic rings. The van der Waals surface area contributed by atoms with Gasteiger partial charge in [-0.3, -0.25) is 4.79 Å². The summed E-state index contributed by atoms with van der Waals surface area (Å²) in [6, 6.07) is 4.94.